The van der Waals surface area contributed by atoms with E-state index in [1.165, 1.54) is 17.9 Å². The molecule has 7 heteroatoms. The normalized spacial score (nSPS) is 17.7. The monoisotopic (exact) mass is 470 g/mol. The number of hydrogen-bond acceptors (Lipinski definition) is 4. The average molecular weight is 471 g/mol. The van der Waals surface area contributed by atoms with Crippen LogP contribution in [-0.2, 0) is 9.53 Å². The molecule has 2 aromatic carbocycles. The Morgan fingerprint density at radius 3 is 2.68 bits per heavy atom. The third kappa shape index (κ3) is 4.26. The zero-order valence-corrected chi connectivity index (χ0v) is 19.7. The van der Waals surface area contributed by atoms with Crippen LogP contribution in [-0.4, -0.2) is 39.2 Å². The maximum Gasteiger partial charge on any atom is 0.305 e. The molecule has 1 fully saturated rings. The molecule has 1 N–H and O–H groups in total. The van der Waals surface area contributed by atoms with Crippen molar-refractivity contribution in [2.45, 2.75) is 24.9 Å². The SMILES string of the molecule is COC(=O)CCCN1C(=S)N[C@H](c2ccccn2)[C@H]1c1cccn1-c1ccc2ccccc2c1. The number of carbonyl (C=O) groups is 1. The van der Waals surface area contributed by atoms with Gasteiger partial charge in [0.1, 0.15) is 0 Å². The smallest absolute Gasteiger partial charge is 0.305 e. The highest BCUT2D eigenvalue weighted by Crippen LogP contribution is 2.39. The average Bonchev–Trinajstić information content (AvgIpc) is 3.48. The molecule has 5 rings (SSSR count). The second-order valence-electron chi connectivity index (χ2n) is 8.33. The van der Waals surface area contributed by atoms with E-state index in [0.717, 1.165) is 17.1 Å². The molecule has 0 amide bonds. The summed E-state index contributed by atoms with van der Waals surface area (Å²) in [5, 5.41) is 6.55. The summed E-state index contributed by atoms with van der Waals surface area (Å²) in [5.74, 6) is -0.213. The number of hydrogen-bond donors (Lipinski definition) is 1. The van der Waals surface area contributed by atoms with Gasteiger partial charge in [-0.1, -0.05) is 36.4 Å². The van der Waals surface area contributed by atoms with Gasteiger partial charge in [-0.2, -0.15) is 0 Å². The summed E-state index contributed by atoms with van der Waals surface area (Å²) in [6.07, 6.45) is 4.89. The fraction of sp³-hybridized carbons (Fsp3) is 0.222. The van der Waals surface area contributed by atoms with Crippen molar-refractivity contribution in [2.75, 3.05) is 13.7 Å². The molecule has 34 heavy (non-hydrogen) atoms. The van der Waals surface area contributed by atoms with Crippen LogP contribution in [0.5, 0.6) is 0 Å². The summed E-state index contributed by atoms with van der Waals surface area (Å²) in [5.41, 5.74) is 3.12. The number of fused-ring (bicyclic) bond motifs is 1. The van der Waals surface area contributed by atoms with Gasteiger partial charge in [0.2, 0.25) is 0 Å². The molecule has 0 radical (unpaired) electrons. The topological polar surface area (TPSA) is 59.4 Å². The van der Waals surface area contributed by atoms with E-state index in [4.69, 9.17) is 17.0 Å². The molecule has 1 aliphatic rings. The van der Waals surface area contributed by atoms with Crippen molar-refractivity contribution < 1.29 is 9.53 Å². The van der Waals surface area contributed by atoms with Crippen LogP contribution in [0.4, 0.5) is 0 Å². The molecule has 3 heterocycles. The van der Waals surface area contributed by atoms with Crippen molar-refractivity contribution in [3.8, 4) is 5.69 Å². The van der Waals surface area contributed by atoms with E-state index in [1.54, 1.807) is 6.20 Å². The van der Waals surface area contributed by atoms with Crippen molar-refractivity contribution in [1.29, 1.82) is 0 Å². The van der Waals surface area contributed by atoms with Gasteiger partial charge in [0.25, 0.3) is 0 Å². The van der Waals surface area contributed by atoms with Gasteiger partial charge in [-0.25, -0.2) is 0 Å². The second-order valence-corrected chi connectivity index (χ2v) is 8.72. The van der Waals surface area contributed by atoms with Crippen molar-refractivity contribution in [2.24, 2.45) is 0 Å². The van der Waals surface area contributed by atoms with E-state index in [2.05, 4.69) is 80.6 Å². The number of ether oxygens (including phenoxy) is 1. The molecule has 1 aliphatic heterocycles. The summed E-state index contributed by atoms with van der Waals surface area (Å²) >= 11 is 5.76. The highest BCUT2D eigenvalue weighted by Gasteiger charge is 2.41. The Bertz CT molecular complexity index is 1320. The minimum atomic E-state index is -0.213. The Morgan fingerprint density at radius 2 is 1.88 bits per heavy atom. The van der Waals surface area contributed by atoms with E-state index in [9.17, 15) is 4.79 Å². The Hall–Kier alpha value is -3.71. The Morgan fingerprint density at radius 1 is 1.06 bits per heavy atom. The highest BCUT2D eigenvalue weighted by atomic mass is 32.1. The second kappa shape index (κ2) is 9.65. The van der Waals surface area contributed by atoms with E-state index in [1.807, 2.05) is 18.2 Å². The lowest BCUT2D eigenvalue weighted by Crippen LogP contribution is -2.31. The van der Waals surface area contributed by atoms with Gasteiger partial charge in [0.05, 0.1) is 24.9 Å². The zero-order chi connectivity index (χ0) is 23.5. The molecule has 0 saturated carbocycles. The van der Waals surface area contributed by atoms with Gasteiger partial charge >= 0.3 is 5.97 Å². The van der Waals surface area contributed by atoms with Crippen LogP contribution >= 0.6 is 12.2 Å². The zero-order valence-electron chi connectivity index (χ0n) is 18.9. The van der Waals surface area contributed by atoms with Crippen molar-refractivity contribution in [1.82, 2.24) is 19.8 Å². The number of nitrogens with one attached hydrogen (secondary N) is 1. The molecule has 2 aromatic heterocycles. The number of esters is 1. The third-order valence-electron chi connectivity index (χ3n) is 6.30. The number of aromatic nitrogens is 2. The first-order valence-corrected chi connectivity index (χ1v) is 11.8. The standard InChI is InChI=1S/C27H26N4O2S/c1-33-24(32)12-7-17-31-26(25(29-27(31)34)22-10-4-5-15-28-22)23-11-6-16-30(23)21-14-13-19-8-2-3-9-20(19)18-21/h2-6,8-11,13-16,18,25-26H,7,12,17H2,1H3,(H,29,34)/t25-,26-/m1/s1. The molecule has 172 valence electrons. The molecular formula is C27H26N4O2S. The molecule has 0 aliphatic carbocycles. The summed E-state index contributed by atoms with van der Waals surface area (Å²) in [6.45, 7) is 0.637. The number of benzene rings is 2. The molecule has 1 saturated heterocycles. The summed E-state index contributed by atoms with van der Waals surface area (Å²) in [6, 6.07) is 24.8. The first-order valence-electron chi connectivity index (χ1n) is 11.4. The number of pyridine rings is 1. The number of methoxy groups -OCH3 is 1. The highest BCUT2D eigenvalue weighted by molar-refractivity contribution is 7.80. The van der Waals surface area contributed by atoms with Gasteiger partial charge in [-0.3, -0.25) is 9.78 Å². The van der Waals surface area contributed by atoms with Crippen LogP contribution in [0.3, 0.4) is 0 Å². The van der Waals surface area contributed by atoms with E-state index >= 15 is 0 Å². The number of thiocarbonyl (C=S) groups is 1. The molecule has 6 nitrogen and oxygen atoms in total. The number of nitrogens with zero attached hydrogens (tertiary/aromatic N) is 3. The lowest BCUT2D eigenvalue weighted by molar-refractivity contribution is -0.140. The van der Waals surface area contributed by atoms with Crippen LogP contribution in [0, 0.1) is 0 Å². The third-order valence-corrected chi connectivity index (χ3v) is 6.65. The van der Waals surface area contributed by atoms with Crippen LogP contribution in [0.15, 0.2) is 85.2 Å². The maximum absolute atomic E-state index is 11.7. The molecule has 0 bridgehead atoms. The van der Waals surface area contributed by atoms with E-state index < -0.39 is 0 Å². The van der Waals surface area contributed by atoms with Gasteiger partial charge in [0.15, 0.2) is 5.11 Å². The molecule has 2 atom stereocenters. The predicted octanol–water partition coefficient (Wildman–Crippen LogP) is 4.95. The summed E-state index contributed by atoms with van der Waals surface area (Å²) in [4.78, 5) is 18.5. The summed E-state index contributed by atoms with van der Waals surface area (Å²) < 4.78 is 7.04. The van der Waals surface area contributed by atoms with Gasteiger partial charge < -0.3 is 19.5 Å². The fourth-order valence-electron chi connectivity index (χ4n) is 4.66. The van der Waals surface area contributed by atoms with Crippen LogP contribution < -0.4 is 5.32 Å². The largest absolute Gasteiger partial charge is 0.469 e. The van der Waals surface area contributed by atoms with Crippen molar-refractivity contribution >= 4 is 34.1 Å². The Balaban J connectivity index is 1.54. The number of rotatable bonds is 7. The van der Waals surface area contributed by atoms with E-state index in [-0.39, 0.29) is 18.1 Å². The lowest BCUT2D eigenvalue weighted by atomic mass is 10.0. The van der Waals surface area contributed by atoms with Crippen LogP contribution in [0.1, 0.15) is 36.3 Å². The lowest BCUT2D eigenvalue weighted by Gasteiger charge is -2.29. The molecular weight excluding hydrogens is 444 g/mol. The predicted molar refractivity (Wildman–Crippen MR) is 137 cm³/mol. The first-order chi connectivity index (χ1) is 16.7. The van der Waals surface area contributed by atoms with Crippen molar-refractivity contribution in [3.05, 3.63) is 96.6 Å². The van der Waals surface area contributed by atoms with Gasteiger partial charge in [0, 0.05) is 36.7 Å². The number of carbonyl (C=O) groups excluding carboxylic acids is 1. The molecule has 0 unspecified atom stereocenters. The van der Waals surface area contributed by atoms with E-state index in [0.29, 0.717) is 24.5 Å². The van der Waals surface area contributed by atoms with Gasteiger partial charge in [-0.15, -0.1) is 0 Å². The molecule has 0 spiro atoms. The fourth-order valence-corrected chi connectivity index (χ4v) is 4.99. The maximum atomic E-state index is 11.7. The Labute approximate surface area is 204 Å². The van der Waals surface area contributed by atoms with Crippen LogP contribution in [0.2, 0.25) is 0 Å². The summed E-state index contributed by atoms with van der Waals surface area (Å²) in [7, 11) is 1.42. The first kappa shape index (κ1) is 22.1. The molecule has 4 aromatic rings. The van der Waals surface area contributed by atoms with Crippen molar-refractivity contribution in [3.63, 3.8) is 0 Å². The minimum absolute atomic E-state index is 0.0819. The van der Waals surface area contributed by atoms with Gasteiger partial charge in [-0.05, 0) is 65.8 Å². The Kier molecular flexibility index (Phi) is 6.27. The quantitative estimate of drug-likeness (QED) is 0.305. The van der Waals surface area contributed by atoms with Crippen LogP contribution in [0.25, 0.3) is 16.5 Å². The minimum Gasteiger partial charge on any atom is -0.469 e.